The molecule has 1 aliphatic rings. The molecule has 6 heteroatoms. The number of hydrogen-bond donors (Lipinski definition) is 2. The summed E-state index contributed by atoms with van der Waals surface area (Å²) >= 11 is 0. The van der Waals surface area contributed by atoms with Crippen LogP contribution in [-0.2, 0) is 14.4 Å². The Morgan fingerprint density at radius 3 is 2.45 bits per heavy atom. The van der Waals surface area contributed by atoms with Gasteiger partial charge in [-0.25, -0.2) is 0 Å². The molecule has 1 aliphatic heterocycles. The third kappa shape index (κ3) is 5.10. The molecule has 29 heavy (non-hydrogen) atoms. The molecule has 3 rings (SSSR count). The van der Waals surface area contributed by atoms with Crippen LogP contribution in [0.2, 0.25) is 0 Å². The Hall–Kier alpha value is -3.41. The van der Waals surface area contributed by atoms with Gasteiger partial charge in [0.2, 0.25) is 11.8 Å². The lowest BCUT2D eigenvalue weighted by molar-refractivity contribution is -0.137. The number of benzene rings is 2. The van der Waals surface area contributed by atoms with Crippen LogP contribution < -0.4 is 5.32 Å². The quantitative estimate of drug-likeness (QED) is 0.753. The Morgan fingerprint density at radius 2 is 1.76 bits per heavy atom. The molecule has 0 saturated heterocycles. The van der Waals surface area contributed by atoms with Gasteiger partial charge in [-0.3, -0.25) is 14.4 Å². The minimum Gasteiger partial charge on any atom is -0.481 e. The third-order valence-electron chi connectivity index (χ3n) is 5.03. The first-order chi connectivity index (χ1) is 14.0. The molecule has 2 aromatic carbocycles. The summed E-state index contributed by atoms with van der Waals surface area (Å²) < 4.78 is 0. The highest BCUT2D eigenvalue weighted by Crippen LogP contribution is 2.33. The first-order valence-electron chi connectivity index (χ1n) is 9.58. The smallest absolute Gasteiger partial charge is 0.303 e. The van der Waals surface area contributed by atoms with Crippen LogP contribution in [0, 0.1) is 0 Å². The van der Waals surface area contributed by atoms with Crippen LogP contribution >= 0.6 is 0 Å². The van der Waals surface area contributed by atoms with Crippen molar-refractivity contribution in [3.8, 4) is 0 Å². The standard InChI is InChI=1S/C23H24N2O4/c1-16(26)25-14-13-17-7-5-6-10-19(17)21(25)15-22(27)24-20(11-12-23(28)29)18-8-3-2-4-9-18/h2-10,13-14,20-21H,11-12,15H2,1H3,(H,24,27)(H,28,29)/t20-,21+/m1/s1. The number of hydrogen-bond acceptors (Lipinski definition) is 3. The highest BCUT2D eigenvalue weighted by Gasteiger charge is 2.29. The number of carbonyl (C=O) groups excluding carboxylic acids is 2. The van der Waals surface area contributed by atoms with Gasteiger partial charge in [-0.1, -0.05) is 54.6 Å². The van der Waals surface area contributed by atoms with Gasteiger partial charge in [-0.2, -0.15) is 0 Å². The maximum atomic E-state index is 12.9. The maximum absolute atomic E-state index is 12.9. The van der Waals surface area contributed by atoms with Crippen LogP contribution in [-0.4, -0.2) is 27.8 Å². The van der Waals surface area contributed by atoms with Gasteiger partial charge < -0.3 is 15.3 Å². The lowest BCUT2D eigenvalue weighted by Crippen LogP contribution is -2.36. The van der Waals surface area contributed by atoms with Crippen molar-refractivity contribution < 1.29 is 19.5 Å². The number of rotatable bonds is 7. The number of aliphatic carboxylic acids is 1. The normalized spacial score (nSPS) is 16.0. The van der Waals surface area contributed by atoms with Crippen molar-refractivity contribution in [2.24, 2.45) is 0 Å². The molecule has 2 amide bonds. The minimum atomic E-state index is -0.908. The van der Waals surface area contributed by atoms with Crippen molar-refractivity contribution in [1.29, 1.82) is 0 Å². The molecule has 0 radical (unpaired) electrons. The van der Waals surface area contributed by atoms with E-state index in [9.17, 15) is 14.4 Å². The monoisotopic (exact) mass is 392 g/mol. The predicted molar refractivity (Wildman–Crippen MR) is 110 cm³/mol. The van der Waals surface area contributed by atoms with Gasteiger partial charge in [0.05, 0.1) is 18.5 Å². The van der Waals surface area contributed by atoms with Crippen LogP contribution in [0.1, 0.15) is 55.0 Å². The zero-order valence-electron chi connectivity index (χ0n) is 16.2. The molecule has 1 heterocycles. The molecule has 0 unspecified atom stereocenters. The van der Waals surface area contributed by atoms with E-state index in [1.807, 2.05) is 60.7 Å². The molecule has 2 N–H and O–H groups in total. The maximum Gasteiger partial charge on any atom is 0.303 e. The summed E-state index contributed by atoms with van der Waals surface area (Å²) in [6, 6.07) is 16.2. The fourth-order valence-electron chi connectivity index (χ4n) is 3.62. The fraction of sp³-hybridized carbons (Fsp3) is 0.261. The van der Waals surface area contributed by atoms with E-state index in [0.29, 0.717) is 6.42 Å². The zero-order valence-corrected chi connectivity index (χ0v) is 16.2. The molecule has 0 aromatic heterocycles. The van der Waals surface area contributed by atoms with E-state index in [2.05, 4.69) is 5.32 Å². The van der Waals surface area contributed by atoms with Crippen molar-refractivity contribution in [2.45, 2.75) is 38.3 Å². The number of carboxylic acids is 1. The Bertz CT molecular complexity index is 923. The second-order valence-electron chi connectivity index (χ2n) is 7.05. The van der Waals surface area contributed by atoms with Gasteiger partial charge in [-0.15, -0.1) is 0 Å². The molecule has 0 spiro atoms. The van der Waals surface area contributed by atoms with E-state index in [1.54, 1.807) is 11.1 Å². The number of carboxylic acid groups (broad SMARTS) is 1. The first kappa shape index (κ1) is 20.3. The van der Waals surface area contributed by atoms with E-state index in [1.165, 1.54) is 6.92 Å². The zero-order chi connectivity index (χ0) is 20.8. The summed E-state index contributed by atoms with van der Waals surface area (Å²) in [5, 5.41) is 12.0. The molecular formula is C23H24N2O4. The van der Waals surface area contributed by atoms with E-state index < -0.39 is 18.1 Å². The topological polar surface area (TPSA) is 86.7 Å². The molecule has 0 fully saturated rings. The number of nitrogens with zero attached hydrogens (tertiary/aromatic N) is 1. The third-order valence-corrected chi connectivity index (χ3v) is 5.03. The largest absolute Gasteiger partial charge is 0.481 e. The summed E-state index contributed by atoms with van der Waals surface area (Å²) in [4.78, 5) is 37.6. The lowest BCUT2D eigenvalue weighted by Gasteiger charge is -2.32. The van der Waals surface area contributed by atoms with Gasteiger partial charge >= 0.3 is 5.97 Å². The Morgan fingerprint density at radius 1 is 1.07 bits per heavy atom. The van der Waals surface area contributed by atoms with E-state index in [-0.39, 0.29) is 24.7 Å². The van der Waals surface area contributed by atoms with Crippen LogP contribution in [0.15, 0.2) is 60.8 Å². The molecule has 150 valence electrons. The summed E-state index contributed by atoms with van der Waals surface area (Å²) in [7, 11) is 0. The number of nitrogens with one attached hydrogen (secondary N) is 1. The lowest BCUT2D eigenvalue weighted by atomic mass is 9.93. The summed E-state index contributed by atoms with van der Waals surface area (Å²) in [6.45, 7) is 1.48. The summed E-state index contributed by atoms with van der Waals surface area (Å²) in [5.41, 5.74) is 2.75. The van der Waals surface area contributed by atoms with Crippen LogP contribution in [0.25, 0.3) is 6.08 Å². The molecule has 0 saturated carbocycles. The van der Waals surface area contributed by atoms with Crippen molar-refractivity contribution in [2.75, 3.05) is 0 Å². The molecular weight excluding hydrogens is 368 g/mol. The predicted octanol–water partition coefficient (Wildman–Crippen LogP) is 3.67. The van der Waals surface area contributed by atoms with Crippen molar-refractivity contribution in [3.63, 3.8) is 0 Å². The molecule has 0 bridgehead atoms. The summed E-state index contributed by atoms with van der Waals surface area (Å²) in [5.74, 6) is -1.28. The van der Waals surface area contributed by atoms with Gasteiger partial charge in [-0.05, 0) is 29.2 Å². The van der Waals surface area contributed by atoms with Crippen LogP contribution in [0.4, 0.5) is 0 Å². The number of fused-ring (bicyclic) bond motifs is 1. The highest BCUT2D eigenvalue weighted by molar-refractivity contribution is 5.82. The van der Waals surface area contributed by atoms with Crippen molar-refractivity contribution in [1.82, 2.24) is 10.2 Å². The van der Waals surface area contributed by atoms with Gasteiger partial charge in [0.1, 0.15) is 0 Å². The van der Waals surface area contributed by atoms with Crippen LogP contribution in [0.5, 0.6) is 0 Å². The second kappa shape index (κ2) is 9.19. The van der Waals surface area contributed by atoms with Crippen molar-refractivity contribution >= 4 is 23.9 Å². The number of amides is 2. The van der Waals surface area contributed by atoms with E-state index in [4.69, 9.17) is 5.11 Å². The van der Waals surface area contributed by atoms with Gasteiger partial charge in [0, 0.05) is 19.5 Å². The van der Waals surface area contributed by atoms with E-state index in [0.717, 1.165) is 16.7 Å². The second-order valence-corrected chi connectivity index (χ2v) is 7.05. The van der Waals surface area contributed by atoms with Gasteiger partial charge in [0.25, 0.3) is 0 Å². The van der Waals surface area contributed by atoms with Gasteiger partial charge in [0.15, 0.2) is 0 Å². The molecule has 2 atom stereocenters. The van der Waals surface area contributed by atoms with E-state index >= 15 is 0 Å². The Balaban J connectivity index is 1.78. The average molecular weight is 392 g/mol. The summed E-state index contributed by atoms with van der Waals surface area (Å²) in [6.07, 6.45) is 3.92. The van der Waals surface area contributed by atoms with Crippen LogP contribution in [0.3, 0.4) is 0 Å². The molecule has 6 nitrogen and oxygen atoms in total. The molecule has 2 aromatic rings. The highest BCUT2D eigenvalue weighted by atomic mass is 16.4. The number of carbonyl (C=O) groups is 3. The fourth-order valence-corrected chi connectivity index (χ4v) is 3.62. The first-order valence-corrected chi connectivity index (χ1v) is 9.58. The SMILES string of the molecule is CC(=O)N1C=Cc2ccccc2[C@@H]1CC(=O)N[C@H](CCC(=O)O)c1ccccc1. The minimum absolute atomic E-state index is 0.0472. The van der Waals surface area contributed by atoms with Crippen molar-refractivity contribution in [3.05, 3.63) is 77.5 Å². The Kier molecular flexibility index (Phi) is 6.44. The Labute approximate surface area is 169 Å². The molecule has 0 aliphatic carbocycles. The average Bonchev–Trinajstić information content (AvgIpc) is 2.71.